The lowest BCUT2D eigenvalue weighted by Gasteiger charge is -2.28. The van der Waals surface area contributed by atoms with Gasteiger partial charge in [0.2, 0.25) is 0 Å². The Morgan fingerprint density at radius 1 is 0.538 bits per heavy atom. The van der Waals surface area contributed by atoms with E-state index in [9.17, 15) is 0 Å². The van der Waals surface area contributed by atoms with E-state index in [1.807, 2.05) is 0 Å². The Morgan fingerprint density at radius 3 is 1.12 bits per heavy atom. The molecule has 0 bridgehead atoms. The quantitative estimate of drug-likeness (QED) is 0.494. The lowest BCUT2D eigenvalue weighted by Crippen LogP contribution is -2.33. The Kier molecular flexibility index (Phi) is 5.94. The lowest BCUT2D eigenvalue weighted by atomic mass is 10.2. The Morgan fingerprint density at radius 2 is 0.846 bits per heavy atom. The summed E-state index contributed by atoms with van der Waals surface area (Å²) in [5, 5.41) is 4.51. The van der Waals surface area contributed by atoms with E-state index in [4.69, 9.17) is 0 Å². The second-order valence-corrected chi connectivity index (χ2v) is 11.0. The van der Waals surface area contributed by atoms with Gasteiger partial charge in [0.25, 0.3) is 0 Å². The molecule has 0 radical (unpaired) electrons. The van der Waals surface area contributed by atoms with Crippen molar-refractivity contribution in [3.63, 3.8) is 0 Å². The highest BCUT2D eigenvalue weighted by atomic mass is 31.2. The highest BCUT2D eigenvalue weighted by molar-refractivity contribution is 7.95. The minimum atomic E-state index is -1.63. The molecule has 1 heteroatoms. The Balaban J connectivity index is 2.27. The largest absolute Gasteiger partial charge is 0.112 e. The minimum absolute atomic E-state index is 1.23. The smallest absolute Gasteiger partial charge is 0.0652 e. The summed E-state index contributed by atoms with van der Waals surface area (Å²) in [6, 6.07) is 27.9. The molecular formula is C25H30P+. The van der Waals surface area contributed by atoms with Gasteiger partial charge in [-0.1, -0.05) is 66.4 Å². The van der Waals surface area contributed by atoms with Crippen molar-refractivity contribution in [3.8, 4) is 0 Å². The first-order chi connectivity index (χ1) is 12.6. The highest BCUT2D eigenvalue weighted by Gasteiger charge is 2.44. The van der Waals surface area contributed by atoms with Crippen molar-refractivity contribution >= 4 is 23.2 Å². The summed E-state index contributed by atoms with van der Waals surface area (Å²) in [7, 11) is -1.63. The van der Waals surface area contributed by atoms with Gasteiger partial charge in [-0.25, -0.2) is 0 Å². The van der Waals surface area contributed by atoms with Crippen LogP contribution in [0.3, 0.4) is 0 Å². The van der Waals surface area contributed by atoms with Crippen molar-refractivity contribution in [1.82, 2.24) is 0 Å². The number of benzene rings is 3. The van der Waals surface area contributed by atoms with Gasteiger partial charge in [0.1, 0.15) is 23.2 Å². The van der Waals surface area contributed by atoms with E-state index in [0.717, 1.165) is 0 Å². The van der Waals surface area contributed by atoms with Crippen molar-refractivity contribution in [2.75, 3.05) is 6.16 Å². The van der Waals surface area contributed by atoms with Crippen molar-refractivity contribution in [2.45, 2.75) is 40.5 Å². The average Bonchev–Trinajstić information content (AvgIpc) is 2.66. The fourth-order valence-electron chi connectivity index (χ4n) is 3.63. The molecule has 0 aliphatic heterocycles. The van der Waals surface area contributed by atoms with Crippen LogP contribution in [-0.4, -0.2) is 6.16 Å². The molecule has 3 rings (SSSR count). The maximum Gasteiger partial charge on any atom is 0.112 e. The third kappa shape index (κ3) is 3.76. The van der Waals surface area contributed by atoms with Crippen LogP contribution in [-0.2, 0) is 0 Å². The predicted octanol–water partition coefficient (Wildman–Crippen LogP) is 5.71. The monoisotopic (exact) mass is 361 g/mol. The molecule has 0 heterocycles. The van der Waals surface area contributed by atoms with Crippen LogP contribution in [0.25, 0.3) is 0 Å². The Hall–Kier alpha value is -1.91. The van der Waals surface area contributed by atoms with Gasteiger partial charge >= 0.3 is 0 Å². The van der Waals surface area contributed by atoms with Gasteiger partial charge in [0.15, 0.2) is 0 Å². The number of unbranched alkanes of at least 4 members (excludes halogenated alkanes) is 1. The zero-order valence-corrected chi connectivity index (χ0v) is 17.4. The van der Waals surface area contributed by atoms with E-state index >= 15 is 0 Å². The molecule has 134 valence electrons. The predicted molar refractivity (Wildman–Crippen MR) is 119 cm³/mol. The summed E-state index contributed by atoms with van der Waals surface area (Å²) in [6.07, 6.45) is 3.72. The molecule has 0 aromatic heterocycles. The molecule has 0 aliphatic carbocycles. The van der Waals surface area contributed by atoms with Crippen molar-refractivity contribution in [1.29, 1.82) is 0 Å². The number of aryl methyl sites for hydroxylation is 3. The van der Waals surface area contributed by atoms with Crippen LogP contribution in [0.1, 0.15) is 36.5 Å². The maximum absolute atomic E-state index is 2.37. The number of hydrogen-bond donors (Lipinski definition) is 0. The molecule has 0 fully saturated rings. The third-order valence-electron chi connectivity index (χ3n) is 5.27. The van der Waals surface area contributed by atoms with Crippen LogP contribution in [0.15, 0.2) is 72.8 Å². The van der Waals surface area contributed by atoms with E-state index < -0.39 is 7.26 Å². The summed E-state index contributed by atoms with van der Waals surface area (Å²) in [6.45, 7) is 8.82. The first kappa shape index (κ1) is 18.9. The molecule has 0 saturated heterocycles. The maximum atomic E-state index is 2.37. The van der Waals surface area contributed by atoms with Crippen molar-refractivity contribution in [3.05, 3.63) is 89.5 Å². The Bertz CT molecular complexity index is 716. The number of hydrogen-bond acceptors (Lipinski definition) is 0. The first-order valence-electron chi connectivity index (χ1n) is 9.66. The SMILES string of the molecule is CCCC[P+](c1ccc(C)cc1)(c1ccc(C)cc1)c1ccc(C)cc1. The average molecular weight is 361 g/mol. The van der Waals surface area contributed by atoms with Gasteiger partial charge in [-0.05, 0) is 63.6 Å². The lowest BCUT2D eigenvalue weighted by molar-refractivity contribution is 0.891. The van der Waals surface area contributed by atoms with Gasteiger partial charge in [-0.2, -0.15) is 0 Å². The van der Waals surface area contributed by atoms with Crippen LogP contribution >= 0.6 is 7.26 Å². The van der Waals surface area contributed by atoms with E-state index in [1.165, 1.54) is 51.6 Å². The molecule has 0 aliphatic rings. The fraction of sp³-hybridized carbons (Fsp3) is 0.280. The summed E-state index contributed by atoms with van der Waals surface area (Å²) in [5.74, 6) is 0. The summed E-state index contributed by atoms with van der Waals surface area (Å²) >= 11 is 0. The standard InChI is InChI=1S/C25H30P/c1-5-6-19-26(23-13-7-20(2)8-14-23,24-15-9-21(3)10-16-24)25-17-11-22(4)12-18-25/h7-18H,5-6,19H2,1-4H3/q+1. The van der Waals surface area contributed by atoms with Crippen LogP contribution in [0, 0.1) is 20.8 Å². The highest BCUT2D eigenvalue weighted by Crippen LogP contribution is 2.56. The molecule has 0 spiro atoms. The van der Waals surface area contributed by atoms with Crippen LogP contribution < -0.4 is 15.9 Å². The molecule has 3 aromatic carbocycles. The summed E-state index contributed by atoms with van der Waals surface area (Å²) < 4.78 is 0. The van der Waals surface area contributed by atoms with E-state index in [-0.39, 0.29) is 0 Å². The molecule has 0 saturated carbocycles. The zero-order chi connectivity index (χ0) is 18.6. The van der Waals surface area contributed by atoms with E-state index in [2.05, 4.69) is 100 Å². The summed E-state index contributed by atoms with van der Waals surface area (Å²) in [5.41, 5.74) is 3.99. The van der Waals surface area contributed by atoms with Crippen molar-refractivity contribution in [2.24, 2.45) is 0 Å². The molecule has 26 heavy (non-hydrogen) atoms. The molecule has 0 unspecified atom stereocenters. The normalized spacial score (nSPS) is 11.5. The molecule has 0 N–H and O–H groups in total. The first-order valence-corrected chi connectivity index (χ1v) is 11.6. The van der Waals surface area contributed by atoms with Crippen molar-refractivity contribution < 1.29 is 0 Å². The van der Waals surface area contributed by atoms with Gasteiger partial charge in [-0.3, -0.25) is 0 Å². The summed E-state index contributed by atoms with van der Waals surface area (Å²) in [4.78, 5) is 0. The third-order valence-corrected chi connectivity index (χ3v) is 9.80. The Labute approximate surface area is 159 Å². The minimum Gasteiger partial charge on any atom is -0.0652 e. The van der Waals surface area contributed by atoms with Gasteiger partial charge in [0.05, 0.1) is 6.16 Å². The van der Waals surface area contributed by atoms with Crippen LogP contribution in [0.5, 0.6) is 0 Å². The molecular weight excluding hydrogens is 331 g/mol. The number of rotatable bonds is 6. The topological polar surface area (TPSA) is 0 Å². The van der Waals surface area contributed by atoms with Gasteiger partial charge in [0, 0.05) is 0 Å². The van der Waals surface area contributed by atoms with E-state index in [1.54, 1.807) is 0 Å². The molecule has 3 aromatic rings. The van der Waals surface area contributed by atoms with Crippen LogP contribution in [0.4, 0.5) is 0 Å². The zero-order valence-electron chi connectivity index (χ0n) is 16.5. The molecule has 0 amide bonds. The second-order valence-electron chi connectivity index (χ2n) is 7.39. The fourth-order valence-corrected chi connectivity index (χ4v) is 8.06. The van der Waals surface area contributed by atoms with Gasteiger partial charge in [-0.15, -0.1) is 0 Å². The second kappa shape index (κ2) is 8.19. The molecule has 0 nitrogen and oxygen atoms in total. The molecule has 0 atom stereocenters. The van der Waals surface area contributed by atoms with E-state index in [0.29, 0.717) is 0 Å². The van der Waals surface area contributed by atoms with Gasteiger partial charge < -0.3 is 0 Å². The van der Waals surface area contributed by atoms with Crippen LogP contribution in [0.2, 0.25) is 0 Å².